The number of carbonyl (C=O) groups is 2. The molecular formula is C17H13NO7. The number of esters is 1. The van der Waals surface area contributed by atoms with Crippen LogP contribution in [0.3, 0.4) is 0 Å². The van der Waals surface area contributed by atoms with Crippen molar-refractivity contribution in [3.63, 3.8) is 0 Å². The van der Waals surface area contributed by atoms with Crippen LogP contribution in [0, 0.1) is 10.1 Å². The molecule has 0 amide bonds. The van der Waals surface area contributed by atoms with Crippen molar-refractivity contribution in [1.29, 1.82) is 0 Å². The van der Waals surface area contributed by atoms with E-state index in [2.05, 4.69) is 0 Å². The van der Waals surface area contributed by atoms with E-state index in [0.717, 1.165) is 0 Å². The smallest absolute Gasteiger partial charge is 0.338 e. The lowest BCUT2D eigenvalue weighted by Crippen LogP contribution is -2.15. The Balaban J connectivity index is 1.79. The zero-order valence-corrected chi connectivity index (χ0v) is 13.0. The first-order chi connectivity index (χ1) is 12.1. The minimum absolute atomic E-state index is 0.0267. The number of ether oxygens (including phenoxy) is 3. The average Bonchev–Trinajstić information content (AvgIpc) is 2.65. The fourth-order valence-electron chi connectivity index (χ4n) is 2.42. The number of non-ortho nitro benzene ring substituents is 1. The van der Waals surface area contributed by atoms with E-state index < -0.39 is 10.9 Å². The van der Waals surface area contributed by atoms with Gasteiger partial charge < -0.3 is 14.2 Å². The molecule has 1 heterocycles. The quantitative estimate of drug-likeness (QED) is 0.355. The molecule has 0 bridgehead atoms. The standard InChI is InChI=1S/C17H13NO7/c19-7-11-1-3-12(4-2-11)17(20)24-9-14-6-15(18(21)22)5-13-8-23-10-25-16(13)14/h1-7H,8-10H2. The van der Waals surface area contributed by atoms with Crippen LogP contribution in [0.1, 0.15) is 31.8 Å². The van der Waals surface area contributed by atoms with Crippen LogP contribution in [-0.2, 0) is 22.7 Å². The fraction of sp³-hybridized carbons (Fsp3) is 0.176. The molecule has 8 nitrogen and oxygen atoms in total. The second-order valence-electron chi connectivity index (χ2n) is 5.28. The molecule has 128 valence electrons. The van der Waals surface area contributed by atoms with Crippen LogP contribution in [0.4, 0.5) is 5.69 Å². The Hall–Kier alpha value is -3.26. The van der Waals surface area contributed by atoms with Gasteiger partial charge in [-0.25, -0.2) is 4.79 Å². The highest BCUT2D eigenvalue weighted by molar-refractivity contribution is 5.90. The van der Waals surface area contributed by atoms with E-state index in [4.69, 9.17) is 14.2 Å². The summed E-state index contributed by atoms with van der Waals surface area (Å²) in [6, 6.07) is 8.63. The van der Waals surface area contributed by atoms with E-state index in [0.29, 0.717) is 28.7 Å². The third-order valence-corrected chi connectivity index (χ3v) is 3.62. The maximum absolute atomic E-state index is 12.1. The SMILES string of the molecule is O=Cc1ccc(C(=O)OCc2cc([N+](=O)[O-])cc3c2OCOC3)cc1. The fourth-order valence-corrected chi connectivity index (χ4v) is 2.42. The molecule has 0 aliphatic carbocycles. The van der Waals surface area contributed by atoms with Crippen molar-refractivity contribution in [3.05, 3.63) is 68.8 Å². The van der Waals surface area contributed by atoms with Crippen molar-refractivity contribution in [3.8, 4) is 5.75 Å². The first kappa shape index (κ1) is 16.6. The van der Waals surface area contributed by atoms with Crippen LogP contribution >= 0.6 is 0 Å². The molecule has 0 radical (unpaired) electrons. The normalized spacial score (nSPS) is 12.6. The van der Waals surface area contributed by atoms with Gasteiger partial charge in [-0.3, -0.25) is 14.9 Å². The number of hydrogen-bond donors (Lipinski definition) is 0. The van der Waals surface area contributed by atoms with Crippen molar-refractivity contribution in [2.24, 2.45) is 0 Å². The average molecular weight is 343 g/mol. The van der Waals surface area contributed by atoms with Gasteiger partial charge in [0.05, 0.1) is 17.1 Å². The molecule has 8 heteroatoms. The summed E-state index contributed by atoms with van der Waals surface area (Å²) in [5.41, 5.74) is 1.51. The predicted molar refractivity (Wildman–Crippen MR) is 84.3 cm³/mol. The number of benzene rings is 2. The summed E-state index contributed by atoms with van der Waals surface area (Å²) in [6.45, 7) is 0.0301. The van der Waals surface area contributed by atoms with Crippen molar-refractivity contribution >= 4 is 17.9 Å². The Morgan fingerprint density at radius 1 is 1.28 bits per heavy atom. The molecule has 1 aliphatic heterocycles. The topological polar surface area (TPSA) is 105 Å². The van der Waals surface area contributed by atoms with Gasteiger partial charge in [0.15, 0.2) is 6.79 Å². The third kappa shape index (κ3) is 3.64. The predicted octanol–water partition coefficient (Wildman–Crippen LogP) is 2.63. The van der Waals surface area contributed by atoms with E-state index in [1.165, 1.54) is 36.4 Å². The molecule has 0 fully saturated rings. The molecule has 0 aromatic heterocycles. The van der Waals surface area contributed by atoms with Gasteiger partial charge in [0.1, 0.15) is 18.6 Å². The van der Waals surface area contributed by atoms with Crippen LogP contribution in [0.25, 0.3) is 0 Å². The molecule has 2 aromatic rings. The van der Waals surface area contributed by atoms with Crippen LogP contribution in [-0.4, -0.2) is 24.0 Å². The lowest BCUT2D eigenvalue weighted by Gasteiger charge is -2.20. The number of carbonyl (C=O) groups excluding carboxylic acids is 2. The summed E-state index contributed by atoms with van der Waals surface area (Å²) < 4.78 is 15.7. The molecule has 0 N–H and O–H groups in total. The van der Waals surface area contributed by atoms with Gasteiger partial charge in [0.2, 0.25) is 0 Å². The first-order valence-corrected chi connectivity index (χ1v) is 7.31. The molecule has 2 aromatic carbocycles. The van der Waals surface area contributed by atoms with Gasteiger partial charge in [-0.15, -0.1) is 0 Å². The lowest BCUT2D eigenvalue weighted by molar-refractivity contribution is -0.385. The van der Waals surface area contributed by atoms with E-state index in [-0.39, 0.29) is 31.3 Å². The number of hydrogen-bond acceptors (Lipinski definition) is 7. The van der Waals surface area contributed by atoms with Crippen molar-refractivity contribution < 1.29 is 28.7 Å². The molecule has 0 spiro atoms. The van der Waals surface area contributed by atoms with Crippen LogP contribution in [0.15, 0.2) is 36.4 Å². The number of rotatable bonds is 5. The van der Waals surface area contributed by atoms with Crippen LogP contribution in [0.2, 0.25) is 0 Å². The Morgan fingerprint density at radius 3 is 2.72 bits per heavy atom. The summed E-state index contributed by atoms with van der Waals surface area (Å²) >= 11 is 0. The molecule has 0 atom stereocenters. The number of aldehydes is 1. The summed E-state index contributed by atoms with van der Waals surface area (Å²) in [6.07, 6.45) is 0.671. The second-order valence-corrected chi connectivity index (χ2v) is 5.28. The molecule has 0 unspecified atom stereocenters. The molecule has 3 rings (SSSR count). The van der Waals surface area contributed by atoms with E-state index >= 15 is 0 Å². The highest BCUT2D eigenvalue weighted by atomic mass is 16.7. The molecule has 0 saturated carbocycles. The zero-order valence-electron chi connectivity index (χ0n) is 13.0. The highest BCUT2D eigenvalue weighted by Gasteiger charge is 2.22. The van der Waals surface area contributed by atoms with Gasteiger partial charge in [-0.1, -0.05) is 12.1 Å². The maximum Gasteiger partial charge on any atom is 0.338 e. The second kappa shape index (κ2) is 7.10. The summed E-state index contributed by atoms with van der Waals surface area (Å²) in [5.74, 6) is -0.175. The summed E-state index contributed by atoms with van der Waals surface area (Å²) in [5, 5.41) is 11.0. The lowest BCUT2D eigenvalue weighted by atomic mass is 10.1. The van der Waals surface area contributed by atoms with Gasteiger partial charge in [0.25, 0.3) is 5.69 Å². The Bertz CT molecular complexity index is 830. The summed E-state index contributed by atoms with van der Waals surface area (Å²) in [7, 11) is 0. The zero-order chi connectivity index (χ0) is 17.8. The Morgan fingerprint density at radius 2 is 2.04 bits per heavy atom. The Kier molecular flexibility index (Phi) is 4.71. The summed E-state index contributed by atoms with van der Waals surface area (Å²) in [4.78, 5) is 33.2. The van der Waals surface area contributed by atoms with Gasteiger partial charge in [-0.05, 0) is 12.1 Å². The number of nitrogens with zero attached hydrogens (tertiary/aromatic N) is 1. The monoisotopic (exact) mass is 343 g/mol. The molecule has 0 saturated heterocycles. The molecular weight excluding hydrogens is 330 g/mol. The van der Waals surface area contributed by atoms with E-state index in [1.54, 1.807) is 0 Å². The molecule has 25 heavy (non-hydrogen) atoms. The first-order valence-electron chi connectivity index (χ1n) is 7.31. The van der Waals surface area contributed by atoms with Crippen molar-refractivity contribution in [2.45, 2.75) is 13.2 Å². The van der Waals surface area contributed by atoms with Crippen molar-refractivity contribution in [2.75, 3.05) is 6.79 Å². The van der Waals surface area contributed by atoms with Gasteiger partial charge in [0, 0.05) is 28.8 Å². The van der Waals surface area contributed by atoms with Crippen LogP contribution < -0.4 is 4.74 Å². The number of nitro benzene ring substituents is 1. The maximum atomic E-state index is 12.1. The minimum Gasteiger partial charge on any atom is -0.467 e. The largest absolute Gasteiger partial charge is 0.467 e. The highest BCUT2D eigenvalue weighted by Crippen LogP contribution is 2.33. The Labute approximate surface area is 142 Å². The van der Waals surface area contributed by atoms with Gasteiger partial charge >= 0.3 is 5.97 Å². The number of fused-ring (bicyclic) bond motifs is 1. The number of nitro groups is 1. The van der Waals surface area contributed by atoms with E-state index in [9.17, 15) is 19.7 Å². The third-order valence-electron chi connectivity index (χ3n) is 3.62. The minimum atomic E-state index is -0.607. The van der Waals surface area contributed by atoms with E-state index in [1.807, 2.05) is 0 Å². The molecule has 1 aliphatic rings. The van der Waals surface area contributed by atoms with Crippen molar-refractivity contribution in [1.82, 2.24) is 0 Å². The van der Waals surface area contributed by atoms with Crippen LogP contribution in [0.5, 0.6) is 5.75 Å². The van der Waals surface area contributed by atoms with Gasteiger partial charge in [-0.2, -0.15) is 0 Å².